The summed E-state index contributed by atoms with van der Waals surface area (Å²) >= 11 is 0. The molecule has 2 unspecified atom stereocenters. The van der Waals surface area contributed by atoms with Crippen molar-refractivity contribution in [2.75, 3.05) is 19.6 Å². The summed E-state index contributed by atoms with van der Waals surface area (Å²) in [5.74, 6) is -1.28. The van der Waals surface area contributed by atoms with Gasteiger partial charge in [-0.1, -0.05) is 5.57 Å². The van der Waals surface area contributed by atoms with E-state index in [0.29, 0.717) is 48.2 Å². The molecule has 0 bridgehead atoms. The number of hydrogen-bond acceptors (Lipinski definition) is 7. The molecule has 0 saturated carbocycles. The molecule has 4 N–H and O–H groups in total. The van der Waals surface area contributed by atoms with Gasteiger partial charge < -0.3 is 21.1 Å². The predicted octanol–water partition coefficient (Wildman–Crippen LogP) is 1.72. The van der Waals surface area contributed by atoms with Crippen molar-refractivity contribution in [3.05, 3.63) is 35.2 Å². The van der Waals surface area contributed by atoms with E-state index in [-0.39, 0.29) is 36.2 Å². The third kappa shape index (κ3) is 5.53. The number of carbonyl (C=O) groups excluding carboxylic acids is 3. The number of fused-ring (bicyclic) bond motifs is 1. The molecule has 1 fully saturated rings. The van der Waals surface area contributed by atoms with Crippen LogP contribution in [0.2, 0.25) is 0 Å². The molecule has 204 valence electrons. The van der Waals surface area contributed by atoms with Crippen molar-refractivity contribution in [3.63, 3.8) is 0 Å². The van der Waals surface area contributed by atoms with Gasteiger partial charge in [0, 0.05) is 43.0 Å². The van der Waals surface area contributed by atoms with Gasteiger partial charge in [-0.2, -0.15) is 5.10 Å². The van der Waals surface area contributed by atoms with Gasteiger partial charge in [0.2, 0.25) is 5.91 Å². The van der Waals surface area contributed by atoms with E-state index in [1.54, 1.807) is 28.8 Å². The number of likely N-dealkylation sites (tertiary alicyclic amines) is 1. The van der Waals surface area contributed by atoms with Gasteiger partial charge in [-0.25, -0.2) is 14.7 Å². The Balaban J connectivity index is 1.57. The van der Waals surface area contributed by atoms with Gasteiger partial charge in [-0.3, -0.25) is 14.4 Å². The number of dihydropyridines is 1. The highest BCUT2D eigenvalue weighted by Gasteiger charge is 2.31. The number of rotatable bonds is 7. The second-order valence-corrected chi connectivity index (χ2v) is 10.6. The van der Waals surface area contributed by atoms with Gasteiger partial charge in [0.1, 0.15) is 6.04 Å². The second kappa shape index (κ2) is 11.1. The third-order valence-corrected chi connectivity index (χ3v) is 7.39. The first-order valence-electron chi connectivity index (χ1n) is 13.1. The topological polar surface area (TPSA) is 156 Å². The van der Waals surface area contributed by atoms with Crippen LogP contribution in [0.15, 0.2) is 28.9 Å². The lowest BCUT2D eigenvalue weighted by atomic mass is 9.91. The zero-order valence-electron chi connectivity index (χ0n) is 22.6. The Hall–Kier alpha value is -3.44. The maximum atomic E-state index is 13.4. The average molecular weight is 524 g/mol. The highest BCUT2D eigenvalue weighted by atomic mass is 16.3. The predicted molar refractivity (Wildman–Crippen MR) is 144 cm³/mol. The smallest absolute Gasteiger partial charge is 0.254 e. The summed E-state index contributed by atoms with van der Waals surface area (Å²) in [6.07, 6.45) is 3.92. The summed E-state index contributed by atoms with van der Waals surface area (Å²) in [7, 11) is 0. The van der Waals surface area contributed by atoms with E-state index in [9.17, 15) is 19.5 Å². The molecule has 2 aliphatic heterocycles. The van der Waals surface area contributed by atoms with Crippen LogP contribution in [0.3, 0.4) is 0 Å². The van der Waals surface area contributed by atoms with Gasteiger partial charge in [-0.15, -0.1) is 0 Å². The Bertz CT molecular complexity index is 1300. The largest absolute Gasteiger partial charge is 0.391 e. The quantitative estimate of drug-likeness (QED) is 0.499. The lowest BCUT2D eigenvalue weighted by Crippen LogP contribution is -2.51. The summed E-state index contributed by atoms with van der Waals surface area (Å²) in [4.78, 5) is 49.1. The zero-order chi connectivity index (χ0) is 27.7. The Morgan fingerprint density at radius 2 is 1.89 bits per heavy atom. The fourth-order valence-electron chi connectivity index (χ4n) is 5.07. The van der Waals surface area contributed by atoms with E-state index in [2.05, 4.69) is 15.4 Å². The maximum absolute atomic E-state index is 13.4. The molecule has 1 saturated heterocycles. The molecule has 3 amide bonds. The van der Waals surface area contributed by atoms with Crippen LogP contribution in [0.25, 0.3) is 11.0 Å². The number of piperidine rings is 1. The summed E-state index contributed by atoms with van der Waals surface area (Å²) in [5, 5.41) is 17.7. The van der Waals surface area contributed by atoms with Gasteiger partial charge >= 0.3 is 0 Å². The summed E-state index contributed by atoms with van der Waals surface area (Å²) in [6, 6.07) is 0.906. The SMILES string of the molecule is CC1=CC(C)=NC(=O)C1CNC(=O)c1cc(C2CCN(C(=O)[C@@H](N)C(C)O)CC2)nc2c1cnn2C(C)C. The molecule has 38 heavy (non-hydrogen) atoms. The van der Waals surface area contributed by atoms with Crippen LogP contribution < -0.4 is 11.1 Å². The first-order valence-corrected chi connectivity index (χ1v) is 13.1. The van der Waals surface area contributed by atoms with Crippen molar-refractivity contribution >= 4 is 34.5 Å². The number of aromatic nitrogens is 3. The number of carbonyl (C=O) groups is 3. The monoisotopic (exact) mass is 523 g/mol. The summed E-state index contributed by atoms with van der Waals surface area (Å²) in [5.41, 5.74) is 9.23. The van der Waals surface area contributed by atoms with E-state index in [1.807, 2.05) is 26.8 Å². The first kappa shape index (κ1) is 27.6. The fraction of sp³-hybridized carbons (Fsp3) is 0.556. The standard InChI is InChI=1S/C27H37N7O4/c1-14(2)34-24-21(13-30-34)19(25(36)29-12-20-15(3)10-16(4)31-26(20)37)11-22(32-24)18-6-8-33(9-7-18)27(38)23(28)17(5)35/h10-11,13-14,17-18,20,23,35H,6-9,12,28H2,1-5H3,(H,29,36)/t17?,20?,23-/m0/s1. The molecule has 4 rings (SSSR count). The van der Waals surface area contributed by atoms with Crippen molar-refractivity contribution in [1.82, 2.24) is 25.0 Å². The number of nitrogens with one attached hydrogen (secondary N) is 1. The van der Waals surface area contributed by atoms with Crippen molar-refractivity contribution in [2.45, 2.75) is 71.6 Å². The van der Waals surface area contributed by atoms with Crippen LogP contribution in [-0.4, -0.2) is 80.0 Å². The van der Waals surface area contributed by atoms with Gasteiger partial charge in [0.05, 0.1) is 29.2 Å². The molecule has 0 spiro atoms. The number of nitrogens with two attached hydrogens (primary N) is 1. The van der Waals surface area contributed by atoms with Gasteiger partial charge in [0.15, 0.2) is 5.65 Å². The lowest BCUT2D eigenvalue weighted by molar-refractivity contribution is -0.136. The number of allylic oxidation sites excluding steroid dienone is 1. The molecule has 0 aliphatic carbocycles. The number of aliphatic imine (C=N–C) groups is 1. The summed E-state index contributed by atoms with van der Waals surface area (Å²) < 4.78 is 1.80. The normalized spacial score (nSPS) is 20.4. The number of aliphatic hydroxyl groups excluding tert-OH is 1. The van der Waals surface area contributed by atoms with Crippen LogP contribution in [0.4, 0.5) is 0 Å². The van der Waals surface area contributed by atoms with Crippen molar-refractivity contribution < 1.29 is 19.5 Å². The molecular formula is C27H37N7O4. The van der Waals surface area contributed by atoms with Crippen LogP contribution in [0, 0.1) is 5.92 Å². The molecule has 0 aromatic carbocycles. The highest BCUT2D eigenvalue weighted by Crippen LogP contribution is 2.31. The summed E-state index contributed by atoms with van der Waals surface area (Å²) in [6.45, 7) is 10.3. The van der Waals surface area contributed by atoms with E-state index < -0.39 is 18.1 Å². The van der Waals surface area contributed by atoms with Crippen LogP contribution in [0.5, 0.6) is 0 Å². The molecule has 0 radical (unpaired) electrons. The Labute approximate surface area is 222 Å². The molecular weight excluding hydrogens is 486 g/mol. The average Bonchev–Trinajstić information content (AvgIpc) is 3.31. The van der Waals surface area contributed by atoms with Crippen LogP contribution >= 0.6 is 0 Å². The van der Waals surface area contributed by atoms with Crippen molar-refractivity contribution in [3.8, 4) is 0 Å². The molecule has 4 heterocycles. The van der Waals surface area contributed by atoms with E-state index in [0.717, 1.165) is 11.3 Å². The minimum Gasteiger partial charge on any atom is -0.391 e. The molecule has 11 nitrogen and oxygen atoms in total. The Morgan fingerprint density at radius 3 is 2.50 bits per heavy atom. The molecule has 2 aliphatic rings. The van der Waals surface area contributed by atoms with Gasteiger partial charge in [0.25, 0.3) is 11.8 Å². The number of pyridine rings is 1. The van der Waals surface area contributed by atoms with E-state index in [1.165, 1.54) is 6.92 Å². The molecule has 2 aromatic rings. The van der Waals surface area contributed by atoms with Crippen LogP contribution in [0.1, 0.15) is 75.5 Å². The number of aliphatic hydroxyl groups is 1. The van der Waals surface area contributed by atoms with Crippen LogP contribution in [-0.2, 0) is 9.59 Å². The number of amides is 3. The molecule has 2 aromatic heterocycles. The Morgan fingerprint density at radius 1 is 1.21 bits per heavy atom. The Kier molecular flexibility index (Phi) is 8.08. The van der Waals surface area contributed by atoms with E-state index >= 15 is 0 Å². The third-order valence-electron chi connectivity index (χ3n) is 7.39. The minimum absolute atomic E-state index is 0.0377. The number of nitrogens with zero attached hydrogens (tertiary/aromatic N) is 5. The number of hydrogen-bond donors (Lipinski definition) is 3. The highest BCUT2D eigenvalue weighted by molar-refractivity contribution is 6.07. The van der Waals surface area contributed by atoms with Gasteiger partial charge in [-0.05, 0) is 59.6 Å². The lowest BCUT2D eigenvalue weighted by Gasteiger charge is -2.34. The molecule has 3 atom stereocenters. The zero-order valence-corrected chi connectivity index (χ0v) is 22.6. The van der Waals surface area contributed by atoms with Crippen molar-refractivity contribution in [1.29, 1.82) is 0 Å². The van der Waals surface area contributed by atoms with E-state index in [4.69, 9.17) is 10.7 Å². The second-order valence-electron chi connectivity index (χ2n) is 10.6. The first-order chi connectivity index (χ1) is 18.0. The van der Waals surface area contributed by atoms with Crippen molar-refractivity contribution in [2.24, 2.45) is 16.6 Å². The maximum Gasteiger partial charge on any atom is 0.254 e. The fourth-order valence-corrected chi connectivity index (χ4v) is 5.07. The molecule has 11 heteroatoms. The minimum atomic E-state index is -0.944.